The van der Waals surface area contributed by atoms with E-state index >= 15 is 0 Å². The first kappa shape index (κ1) is 30.9. The number of hydrogen-bond acceptors (Lipinski definition) is 4. The zero-order valence-electron chi connectivity index (χ0n) is 24.2. The lowest BCUT2D eigenvalue weighted by Crippen LogP contribution is -2.55. The molecule has 0 aliphatic heterocycles. The highest BCUT2D eigenvalue weighted by atomic mass is 16.6. The SMILES string of the molecule is CCC(C)N(C(=O)C(CC(C)C)NC(=O)OC(C)(C)C)C(C(=O)NCc1ccccc1)c1ccccc1C. The Balaban J connectivity index is 2.50. The van der Waals surface area contributed by atoms with Gasteiger partial charge in [-0.3, -0.25) is 9.59 Å². The first-order valence-corrected chi connectivity index (χ1v) is 13.5. The van der Waals surface area contributed by atoms with E-state index in [-0.39, 0.29) is 23.8 Å². The van der Waals surface area contributed by atoms with Crippen LogP contribution in [0.1, 0.15) is 84.0 Å². The van der Waals surface area contributed by atoms with Gasteiger partial charge in [0.15, 0.2) is 0 Å². The van der Waals surface area contributed by atoms with Crippen LogP contribution in [0.2, 0.25) is 0 Å². The standard InChI is InChI=1S/C31H45N3O4/c1-9-23(5)34(29(36)26(19-21(2)3)33-30(37)38-31(6,7)8)27(25-18-14-13-15-22(25)4)28(35)32-20-24-16-11-10-12-17-24/h10-18,21,23,26-27H,9,19-20H2,1-8H3,(H,32,35)(H,33,37). The number of carbonyl (C=O) groups is 3. The van der Waals surface area contributed by atoms with Gasteiger partial charge in [-0.05, 0) is 70.1 Å². The minimum Gasteiger partial charge on any atom is -0.444 e. The van der Waals surface area contributed by atoms with Crippen LogP contribution in [0, 0.1) is 12.8 Å². The van der Waals surface area contributed by atoms with E-state index in [0.29, 0.717) is 19.4 Å². The fraction of sp³-hybridized carbons (Fsp3) is 0.516. The summed E-state index contributed by atoms with van der Waals surface area (Å²) in [5, 5.41) is 5.84. The molecule has 7 heteroatoms. The molecule has 0 fully saturated rings. The molecule has 7 nitrogen and oxygen atoms in total. The maximum atomic E-state index is 14.3. The summed E-state index contributed by atoms with van der Waals surface area (Å²) in [6, 6.07) is 15.3. The molecule has 0 aliphatic rings. The normalized spacial score (nSPS) is 13.8. The molecule has 0 saturated carbocycles. The molecule has 38 heavy (non-hydrogen) atoms. The molecule has 0 aliphatic carbocycles. The Bertz CT molecular complexity index is 1060. The average molecular weight is 524 g/mol. The summed E-state index contributed by atoms with van der Waals surface area (Å²) in [7, 11) is 0. The maximum absolute atomic E-state index is 14.3. The molecule has 0 radical (unpaired) electrons. The van der Waals surface area contributed by atoms with Crippen molar-refractivity contribution in [2.75, 3.05) is 0 Å². The Kier molecular flexibility index (Phi) is 11.4. The van der Waals surface area contributed by atoms with Crippen molar-refractivity contribution in [2.45, 2.75) is 98.5 Å². The molecular weight excluding hydrogens is 478 g/mol. The number of nitrogens with zero attached hydrogens (tertiary/aromatic N) is 1. The van der Waals surface area contributed by atoms with Crippen LogP contribution >= 0.6 is 0 Å². The summed E-state index contributed by atoms with van der Waals surface area (Å²) in [4.78, 5) is 42.5. The number of nitrogens with one attached hydrogen (secondary N) is 2. The molecule has 0 aromatic heterocycles. The van der Waals surface area contributed by atoms with Crippen LogP contribution in [0.15, 0.2) is 54.6 Å². The molecule has 2 aromatic rings. The second-order valence-corrected chi connectivity index (χ2v) is 11.3. The largest absolute Gasteiger partial charge is 0.444 e. The van der Waals surface area contributed by atoms with Crippen LogP contribution in [-0.4, -0.2) is 40.5 Å². The summed E-state index contributed by atoms with van der Waals surface area (Å²) < 4.78 is 5.47. The van der Waals surface area contributed by atoms with Gasteiger partial charge in [0.25, 0.3) is 0 Å². The highest BCUT2D eigenvalue weighted by molar-refractivity contribution is 5.92. The van der Waals surface area contributed by atoms with Gasteiger partial charge in [-0.1, -0.05) is 75.4 Å². The molecule has 0 bridgehead atoms. The second-order valence-electron chi connectivity index (χ2n) is 11.3. The van der Waals surface area contributed by atoms with E-state index in [0.717, 1.165) is 16.7 Å². The summed E-state index contributed by atoms with van der Waals surface area (Å²) in [5.74, 6) is -0.444. The Hall–Kier alpha value is -3.35. The molecule has 0 heterocycles. The van der Waals surface area contributed by atoms with Crippen molar-refractivity contribution in [3.8, 4) is 0 Å². The van der Waals surface area contributed by atoms with Gasteiger partial charge < -0.3 is 20.3 Å². The van der Waals surface area contributed by atoms with Crippen molar-refractivity contribution in [1.29, 1.82) is 0 Å². The van der Waals surface area contributed by atoms with Crippen molar-refractivity contribution in [1.82, 2.24) is 15.5 Å². The first-order chi connectivity index (χ1) is 17.8. The van der Waals surface area contributed by atoms with Gasteiger partial charge in [-0.25, -0.2) is 4.79 Å². The first-order valence-electron chi connectivity index (χ1n) is 13.5. The monoisotopic (exact) mass is 523 g/mol. The molecule has 3 unspecified atom stereocenters. The third kappa shape index (κ3) is 9.19. The zero-order valence-corrected chi connectivity index (χ0v) is 24.2. The highest BCUT2D eigenvalue weighted by Gasteiger charge is 2.39. The summed E-state index contributed by atoms with van der Waals surface area (Å²) >= 11 is 0. The van der Waals surface area contributed by atoms with Crippen LogP contribution in [-0.2, 0) is 20.9 Å². The number of ether oxygens (including phenoxy) is 1. The van der Waals surface area contributed by atoms with Crippen molar-refractivity contribution >= 4 is 17.9 Å². The molecule has 2 N–H and O–H groups in total. The van der Waals surface area contributed by atoms with Gasteiger partial charge in [-0.15, -0.1) is 0 Å². The molecule has 3 amide bonds. The lowest BCUT2D eigenvalue weighted by Gasteiger charge is -2.39. The Morgan fingerprint density at radius 1 is 0.947 bits per heavy atom. The Labute approximate surface area is 228 Å². The summed E-state index contributed by atoms with van der Waals surface area (Å²) in [5.41, 5.74) is 1.93. The van der Waals surface area contributed by atoms with E-state index in [1.807, 2.05) is 89.2 Å². The van der Waals surface area contributed by atoms with Crippen LogP contribution in [0.25, 0.3) is 0 Å². The number of amides is 3. The molecule has 2 rings (SSSR count). The molecule has 208 valence electrons. The Morgan fingerprint density at radius 2 is 1.55 bits per heavy atom. The minimum absolute atomic E-state index is 0.126. The maximum Gasteiger partial charge on any atom is 0.408 e. The van der Waals surface area contributed by atoms with Gasteiger partial charge in [0, 0.05) is 12.6 Å². The summed E-state index contributed by atoms with van der Waals surface area (Å²) in [6.45, 7) is 15.5. The Morgan fingerprint density at radius 3 is 2.11 bits per heavy atom. The lowest BCUT2D eigenvalue weighted by molar-refractivity contribution is -0.145. The van der Waals surface area contributed by atoms with Gasteiger partial charge in [0.05, 0.1) is 0 Å². The van der Waals surface area contributed by atoms with Crippen molar-refractivity contribution < 1.29 is 19.1 Å². The quantitative estimate of drug-likeness (QED) is 0.383. The predicted octanol–water partition coefficient (Wildman–Crippen LogP) is 5.92. The predicted molar refractivity (Wildman–Crippen MR) is 151 cm³/mol. The van der Waals surface area contributed by atoms with Crippen molar-refractivity contribution in [3.63, 3.8) is 0 Å². The van der Waals surface area contributed by atoms with Gasteiger partial charge in [0.1, 0.15) is 17.7 Å². The van der Waals surface area contributed by atoms with E-state index < -0.39 is 23.8 Å². The molecule has 3 atom stereocenters. The minimum atomic E-state index is -0.863. The average Bonchev–Trinajstić information content (AvgIpc) is 2.84. The van der Waals surface area contributed by atoms with Gasteiger partial charge in [-0.2, -0.15) is 0 Å². The van der Waals surface area contributed by atoms with Crippen LogP contribution < -0.4 is 10.6 Å². The van der Waals surface area contributed by atoms with Gasteiger partial charge in [0.2, 0.25) is 11.8 Å². The lowest BCUT2D eigenvalue weighted by atomic mass is 9.94. The number of hydrogen-bond donors (Lipinski definition) is 2. The van der Waals surface area contributed by atoms with E-state index in [1.165, 1.54) is 0 Å². The van der Waals surface area contributed by atoms with Crippen LogP contribution in [0.3, 0.4) is 0 Å². The smallest absolute Gasteiger partial charge is 0.408 e. The zero-order chi connectivity index (χ0) is 28.5. The number of benzene rings is 2. The second kappa shape index (κ2) is 14.0. The van der Waals surface area contributed by atoms with Gasteiger partial charge >= 0.3 is 6.09 Å². The number of aryl methyl sites for hydroxylation is 1. The molecule has 0 saturated heterocycles. The van der Waals surface area contributed by atoms with E-state index in [2.05, 4.69) is 10.6 Å². The van der Waals surface area contributed by atoms with E-state index in [4.69, 9.17) is 4.74 Å². The van der Waals surface area contributed by atoms with Crippen LogP contribution in [0.5, 0.6) is 0 Å². The van der Waals surface area contributed by atoms with Crippen molar-refractivity contribution in [2.24, 2.45) is 5.92 Å². The third-order valence-corrected chi connectivity index (χ3v) is 6.34. The highest BCUT2D eigenvalue weighted by Crippen LogP contribution is 2.29. The summed E-state index contributed by atoms with van der Waals surface area (Å²) in [6.07, 6.45) is 0.402. The number of carbonyl (C=O) groups excluding carboxylic acids is 3. The fourth-order valence-corrected chi connectivity index (χ4v) is 4.31. The fourth-order valence-electron chi connectivity index (χ4n) is 4.31. The van der Waals surface area contributed by atoms with Crippen LogP contribution in [0.4, 0.5) is 4.79 Å². The third-order valence-electron chi connectivity index (χ3n) is 6.34. The molecule has 0 spiro atoms. The number of rotatable bonds is 11. The van der Waals surface area contributed by atoms with E-state index in [9.17, 15) is 14.4 Å². The molecular formula is C31H45N3O4. The molecule has 2 aromatic carbocycles. The number of alkyl carbamates (subject to hydrolysis) is 1. The van der Waals surface area contributed by atoms with Crippen molar-refractivity contribution in [3.05, 3.63) is 71.3 Å². The topological polar surface area (TPSA) is 87.7 Å². The van der Waals surface area contributed by atoms with E-state index in [1.54, 1.807) is 25.7 Å².